The number of carboxylic acids is 1. The summed E-state index contributed by atoms with van der Waals surface area (Å²) in [4.78, 5) is 37.5. The third-order valence-corrected chi connectivity index (χ3v) is 9.75. The molecule has 1 amide bonds. The number of nitriles is 1. The van der Waals surface area contributed by atoms with E-state index in [-0.39, 0.29) is 47.0 Å². The highest BCUT2D eigenvalue weighted by Crippen LogP contribution is 2.55. The van der Waals surface area contributed by atoms with Crippen LogP contribution in [0, 0.1) is 11.3 Å². The first kappa shape index (κ1) is 45.9. The van der Waals surface area contributed by atoms with Gasteiger partial charge in [-0.3, -0.25) is 9.69 Å². The summed E-state index contributed by atoms with van der Waals surface area (Å²) in [6.07, 6.45) is -16.5. The summed E-state index contributed by atoms with van der Waals surface area (Å²) in [6.45, 7) is -2.82. The minimum atomic E-state index is -6.71. The quantitative estimate of drug-likeness (QED) is 0.0697. The summed E-state index contributed by atoms with van der Waals surface area (Å²) in [6, 6.07) is 4.92. The Hall–Kier alpha value is -5.15. The van der Waals surface area contributed by atoms with Crippen LogP contribution < -0.4 is 4.74 Å². The number of nitrogens with zero attached hydrogens (tertiary/aromatic N) is 4. The third-order valence-electron chi connectivity index (χ3n) is 9.13. The van der Waals surface area contributed by atoms with E-state index in [2.05, 4.69) is 9.84 Å². The average molecular weight is 907 g/mol. The van der Waals surface area contributed by atoms with Gasteiger partial charge in [0.25, 0.3) is 12.4 Å². The molecule has 25 heteroatoms. The Morgan fingerprint density at radius 2 is 1.62 bits per heavy atom. The van der Waals surface area contributed by atoms with Crippen LogP contribution in [-0.2, 0) is 29.5 Å². The maximum absolute atomic E-state index is 14.9. The van der Waals surface area contributed by atoms with E-state index in [1.807, 2.05) is 6.07 Å². The maximum Gasteiger partial charge on any atom is 0.573 e. The molecule has 13 nitrogen and oxygen atoms in total. The second-order valence-corrected chi connectivity index (χ2v) is 13.9. The first-order valence-electron chi connectivity index (χ1n) is 16.9. The first-order valence-corrected chi connectivity index (χ1v) is 17.6. The van der Waals surface area contributed by atoms with Gasteiger partial charge in [-0.25, -0.2) is 18.7 Å². The second kappa shape index (κ2) is 17.1. The molecule has 2 aliphatic rings. The number of ether oxygens (including phenoxy) is 4. The van der Waals surface area contributed by atoms with Crippen molar-refractivity contribution in [2.75, 3.05) is 6.73 Å². The number of aromatic nitrogens is 2. The summed E-state index contributed by atoms with van der Waals surface area (Å²) in [5, 5.41) is 31.5. The summed E-state index contributed by atoms with van der Waals surface area (Å²) >= 11 is 12.3. The molecule has 2 aromatic carbocycles. The summed E-state index contributed by atoms with van der Waals surface area (Å²) in [5.74, 6) is -5.12. The Bertz CT molecular complexity index is 2190. The largest absolute Gasteiger partial charge is 0.573 e. The smallest absolute Gasteiger partial charge is 0.478 e. The molecule has 5 rings (SSSR count). The third kappa shape index (κ3) is 9.89. The molecule has 1 unspecified atom stereocenters. The van der Waals surface area contributed by atoms with Crippen LogP contribution in [-0.4, -0.2) is 92.4 Å². The maximum atomic E-state index is 14.9. The van der Waals surface area contributed by atoms with Crippen LogP contribution in [0.2, 0.25) is 10.0 Å². The van der Waals surface area contributed by atoms with Gasteiger partial charge in [-0.05, 0) is 61.9 Å². The van der Waals surface area contributed by atoms with Gasteiger partial charge in [0.1, 0.15) is 30.2 Å². The molecule has 2 aliphatic carbocycles. The van der Waals surface area contributed by atoms with Gasteiger partial charge >= 0.3 is 36.3 Å². The number of hydrogen-bond donors (Lipinski definition) is 2. The van der Waals surface area contributed by atoms with Crippen molar-refractivity contribution in [2.24, 2.45) is 0 Å². The van der Waals surface area contributed by atoms with Gasteiger partial charge in [0.05, 0.1) is 27.9 Å². The summed E-state index contributed by atoms with van der Waals surface area (Å²) in [7, 11) is 0. The van der Waals surface area contributed by atoms with Crippen molar-refractivity contribution < 1.29 is 87.4 Å². The van der Waals surface area contributed by atoms with Crippen LogP contribution in [0.25, 0.3) is 16.8 Å². The van der Waals surface area contributed by atoms with E-state index in [0.717, 1.165) is 23.4 Å². The zero-order valence-corrected chi connectivity index (χ0v) is 31.3. The predicted molar refractivity (Wildman–Crippen MR) is 182 cm³/mol. The van der Waals surface area contributed by atoms with Gasteiger partial charge in [0.2, 0.25) is 0 Å². The second-order valence-electron chi connectivity index (χ2n) is 13.1. The van der Waals surface area contributed by atoms with Crippen molar-refractivity contribution in [1.29, 1.82) is 5.26 Å². The number of aliphatic carboxylic acids is 1. The van der Waals surface area contributed by atoms with Crippen LogP contribution in [0.1, 0.15) is 48.0 Å². The van der Waals surface area contributed by atoms with Gasteiger partial charge in [0, 0.05) is 29.5 Å². The predicted octanol–water partition coefficient (Wildman–Crippen LogP) is 7.90. The Balaban J connectivity index is 1.41. The normalized spacial score (nSPS) is 18.5. The van der Waals surface area contributed by atoms with Gasteiger partial charge in [-0.1, -0.05) is 29.3 Å². The Morgan fingerprint density at radius 1 is 0.967 bits per heavy atom. The molecule has 0 aliphatic heterocycles. The van der Waals surface area contributed by atoms with Crippen LogP contribution in [0.3, 0.4) is 0 Å². The molecule has 0 radical (unpaired) electrons. The number of amides is 1. The number of carbonyl (C=O) groups excluding carboxylic acids is 2. The fourth-order valence-corrected chi connectivity index (χ4v) is 6.56. The number of benzene rings is 2. The molecule has 3 aromatic rings. The number of rotatable bonds is 14. The molecule has 2 fully saturated rings. The lowest BCUT2D eigenvalue weighted by molar-refractivity contribution is -0.348. The first-order chi connectivity index (χ1) is 27.8. The lowest BCUT2D eigenvalue weighted by atomic mass is 9.93. The zero-order valence-electron chi connectivity index (χ0n) is 29.7. The van der Waals surface area contributed by atoms with Gasteiger partial charge in [-0.15, -0.1) is 13.2 Å². The Kier molecular flexibility index (Phi) is 13.1. The molecule has 0 bridgehead atoms. The van der Waals surface area contributed by atoms with Crippen LogP contribution in [0.15, 0.2) is 54.9 Å². The highest BCUT2D eigenvalue weighted by atomic mass is 35.5. The van der Waals surface area contributed by atoms with Crippen LogP contribution in [0.4, 0.5) is 43.9 Å². The van der Waals surface area contributed by atoms with Crippen molar-refractivity contribution in [3.63, 3.8) is 0 Å². The Morgan fingerprint density at radius 3 is 2.20 bits per heavy atom. The van der Waals surface area contributed by atoms with Crippen LogP contribution in [0.5, 0.6) is 5.75 Å². The molecular weight excluding hydrogens is 881 g/mol. The lowest BCUT2D eigenvalue weighted by Crippen LogP contribution is -2.50. The zero-order chi connectivity index (χ0) is 44.6. The van der Waals surface area contributed by atoms with Crippen molar-refractivity contribution in [3.05, 3.63) is 76.0 Å². The molecule has 0 spiro atoms. The van der Waals surface area contributed by atoms with E-state index in [0.29, 0.717) is 29.7 Å². The van der Waals surface area contributed by atoms with Crippen molar-refractivity contribution in [2.45, 2.75) is 80.7 Å². The number of alkyl halides is 10. The SMILES string of the molecule is N#CC1(N(COC(O)O[C@H]2CCC[C@H]2OC(=O)/C=C/C(=O)O)C(=O)c2cc(-c3cnn(-c4c(Cl)cc(C(F)(C(F)(F)F)C(F)(F)F)cc4OC(F)(F)F)c3)ccc2Cl)CC1. The molecule has 2 saturated carbocycles. The molecule has 1 aromatic heterocycles. The number of hydrogen-bond acceptors (Lipinski definition) is 10. The number of esters is 1. The molecular formula is C35H26Cl2F10N4O9. The van der Waals surface area contributed by atoms with Gasteiger partial charge < -0.3 is 29.2 Å². The molecule has 1 heterocycles. The number of aliphatic hydroxyl groups is 1. The van der Waals surface area contributed by atoms with E-state index in [4.69, 9.17) is 42.5 Å². The van der Waals surface area contributed by atoms with Crippen LogP contribution >= 0.6 is 23.2 Å². The topological polar surface area (TPSA) is 173 Å². The van der Waals surface area contributed by atoms with E-state index < -0.39 is 101 Å². The minimum absolute atomic E-state index is 0.0306. The summed E-state index contributed by atoms with van der Waals surface area (Å²) in [5.41, 5.74) is -11.4. The number of carbonyl (C=O) groups is 3. The van der Waals surface area contributed by atoms with Gasteiger partial charge in [0.15, 0.2) is 5.75 Å². The molecule has 2 N–H and O–H groups in total. The molecule has 60 heavy (non-hydrogen) atoms. The molecule has 3 atom stereocenters. The standard InChI is InChI=1S/C35H26Cl2F10N4O9/c36-21-5-4-17(18-13-49-51(14-18)28-22(37)11-19(12-25(28)60-35(45,46)47)32(38,33(39,40)41)34(42,43)44)10-20(21)29(55)50(31(15-48)8-9-31)16-57-30(56)59-24-3-1-2-23(24)58-27(54)7-6-26(52)53/h4-7,10-14,23-24,30,56H,1-3,8-9,16H2,(H,52,53)/b7-6+/t23-,24+,30?/m1/s1. The van der Waals surface area contributed by atoms with Gasteiger partial charge in [-0.2, -0.15) is 36.7 Å². The van der Waals surface area contributed by atoms with E-state index in [1.165, 1.54) is 12.1 Å². The number of aliphatic hydroxyl groups excluding tert-OH is 1. The highest BCUT2D eigenvalue weighted by molar-refractivity contribution is 6.34. The van der Waals surface area contributed by atoms with Crippen molar-refractivity contribution in [1.82, 2.24) is 14.7 Å². The lowest BCUT2D eigenvalue weighted by Gasteiger charge is -2.31. The van der Waals surface area contributed by atoms with Crippen molar-refractivity contribution in [3.8, 4) is 28.6 Å². The van der Waals surface area contributed by atoms with E-state index in [9.17, 15) is 68.7 Å². The minimum Gasteiger partial charge on any atom is -0.478 e. The van der Waals surface area contributed by atoms with E-state index >= 15 is 0 Å². The number of carboxylic acid groups (broad SMARTS) is 1. The fraction of sp³-hybridized carbons (Fsp3) is 0.400. The molecule has 0 saturated heterocycles. The van der Waals surface area contributed by atoms with E-state index in [1.54, 1.807) is 0 Å². The Labute approximate surface area is 340 Å². The highest BCUT2D eigenvalue weighted by Gasteiger charge is 2.73. The summed E-state index contributed by atoms with van der Waals surface area (Å²) < 4.78 is 156. The number of halogens is 12. The average Bonchev–Trinajstić information content (AvgIpc) is 3.56. The van der Waals surface area contributed by atoms with Crippen molar-refractivity contribution >= 4 is 41.0 Å². The monoisotopic (exact) mass is 906 g/mol. The molecule has 324 valence electrons. The fourth-order valence-electron chi connectivity index (χ4n) is 6.07.